The van der Waals surface area contributed by atoms with E-state index in [1.54, 1.807) is 0 Å². The third-order valence-corrected chi connectivity index (χ3v) is 4.24. The van der Waals surface area contributed by atoms with Crippen LogP contribution in [0, 0.1) is 5.92 Å². The second-order valence-electron chi connectivity index (χ2n) is 5.65. The molecule has 1 N–H and O–H groups in total. The first-order valence-electron chi connectivity index (χ1n) is 7.50. The molecule has 0 radical (unpaired) electrons. The van der Waals surface area contributed by atoms with Crippen molar-refractivity contribution in [2.75, 3.05) is 45.8 Å². The number of likely N-dealkylation sites (N-methyl/N-ethyl adjacent to an activating group) is 1. The zero-order valence-electron chi connectivity index (χ0n) is 11.6. The van der Waals surface area contributed by atoms with Crippen LogP contribution in [0.5, 0.6) is 0 Å². The maximum Gasteiger partial charge on any atom is 0.0219 e. The van der Waals surface area contributed by atoms with Crippen LogP contribution in [0.2, 0.25) is 0 Å². The van der Waals surface area contributed by atoms with E-state index in [0.29, 0.717) is 0 Å². The van der Waals surface area contributed by atoms with Gasteiger partial charge in [-0.3, -0.25) is 4.90 Å². The summed E-state index contributed by atoms with van der Waals surface area (Å²) in [6.45, 7) is 13.3. The Morgan fingerprint density at radius 2 is 1.82 bits per heavy atom. The van der Waals surface area contributed by atoms with Crippen molar-refractivity contribution < 1.29 is 0 Å². The van der Waals surface area contributed by atoms with Crippen LogP contribution in [0.25, 0.3) is 0 Å². The van der Waals surface area contributed by atoms with Crippen LogP contribution in [-0.4, -0.2) is 61.7 Å². The topological polar surface area (TPSA) is 18.5 Å². The lowest BCUT2D eigenvalue weighted by molar-refractivity contribution is 0.0908. The number of piperazine rings is 1. The molecule has 3 heteroatoms. The van der Waals surface area contributed by atoms with Gasteiger partial charge in [0, 0.05) is 45.3 Å². The molecule has 0 amide bonds. The molecule has 3 nitrogen and oxygen atoms in total. The van der Waals surface area contributed by atoms with Crippen molar-refractivity contribution in [3.63, 3.8) is 0 Å². The molecule has 1 saturated heterocycles. The van der Waals surface area contributed by atoms with E-state index in [4.69, 9.17) is 0 Å². The van der Waals surface area contributed by atoms with Gasteiger partial charge in [-0.2, -0.15) is 0 Å². The van der Waals surface area contributed by atoms with E-state index in [9.17, 15) is 0 Å². The van der Waals surface area contributed by atoms with Gasteiger partial charge >= 0.3 is 0 Å². The minimum absolute atomic E-state index is 0.748. The van der Waals surface area contributed by atoms with Crippen LogP contribution < -0.4 is 5.32 Å². The van der Waals surface area contributed by atoms with Crippen molar-refractivity contribution in [3.8, 4) is 0 Å². The van der Waals surface area contributed by atoms with Crippen LogP contribution >= 0.6 is 0 Å². The van der Waals surface area contributed by atoms with Crippen LogP contribution in [0.4, 0.5) is 0 Å². The summed E-state index contributed by atoms with van der Waals surface area (Å²) < 4.78 is 0. The van der Waals surface area contributed by atoms with Gasteiger partial charge in [-0.25, -0.2) is 0 Å². The normalized spacial score (nSPS) is 25.1. The smallest absolute Gasteiger partial charge is 0.0219 e. The molecule has 0 aromatic rings. The first-order valence-corrected chi connectivity index (χ1v) is 7.50. The summed E-state index contributed by atoms with van der Waals surface area (Å²) in [6, 6.07) is 0.748. The van der Waals surface area contributed by atoms with Crippen molar-refractivity contribution in [1.29, 1.82) is 0 Å². The van der Waals surface area contributed by atoms with Crippen LogP contribution in [0.3, 0.4) is 0 Å². The molecule has 1 atom stereocenters. The first kappa shape index (κ1) is 13.3. The highest BCUT2D eigenvalue weighted by atomic mass is 15.3. The zero-order chi connectivity index (χ0) is 12.1. The van der Waals surface area contributed by atoms with E-state index in [0.717, 1.165) is 25.0 Å². The molecule has 1 aliphatic heterocycles. The molecule has 2 rings (SSSR count). The highest BCUT2D eigenvalue weighted by molar-refractivity contribution is 4.83. The second-order valence-corrected chi connectivity index (χ2v) is 5.65. The maximum atomic E-state index is 3.49. The lowest BCUT2D eigenvalue weighted by Gasteiger charge is -2.39. The van der Waals surface area contributed by atoms with E-state index in [-0.39, 0.29) is 0 Å². The molecule has 0 aromatic heterocycles. The van der Waals surface area contributed by atoms with Gasteiger partial charge in [0.25, 0.3) is 0 Å². The summed E-state index contributed by atoms with van der Waals surface area (Å²) in [6.07, 6.45) is 4.24. The molecule has 1 saturated carbocycles. The summed E-state index contributed by atoms with van der Waals surface area (Å²) in [7, 11) is 0. The molecule has 0 aromatic carbocycles. The maximum absolute atomic E-state index is 3.49. The summed E-state index contributed by atoms with van der Waals surface area (Å²) in [5.74, 6) is 1.05. The fourth-order valence-electron chi connectivity index (χ4n) is 2.82. The van der Waals surface area contributed by atoms with Crippen molar-refractivity contribution in [2.24, 2.45) is 5.92 Å². The van der Waals surface area contributed by atoms with E-state index in [2.05, 4.69) is 29.0 Å². The summed E-state index contributed by atoms with van der Waals surface area (Å²) >= 11 is 0. The molecule has 17 heavy (non-hydrogen) atoms. The Labute approximate surface area is 107 Å². The predicted molar refractivity (Wildman–Crippen MR) is 73.4 cm³/mol. The standard InChI is InChI=1S/C14H29N3/c1-3-14(11-15-4-2)17-9-7-16(8-10-17)12-13-5-6-13/h13-15H,3-12H2,1-2H3. The summed E-state index contributed by atoms with van der Waals surface area (Å²) in [4.78, 5) is 5.36. The minimum Gasteiger partial charge on any atom is -0.315 e. The van der Waals surface area contributed by atoms with Gasteiger partial charge in [0.1, 0.15) is 0 Å². The highest BCUT2D eigenvalue weighted by Gasteiger charge is 2.27. The molecular formula is C14H29N3. The Morgan fingerprint density at radius 3 is 2.35 bits per heavy atom. The lowest BCUT2D eigenvalue weighted by Crippen LogP contribution is -2.52. The fourth-order valence-corrected chi connectivity index (χ4v) is 2.82. The molecule has 2 aliphatic rings. The monoisotopic (exact) mass is 239 g/mol. The predicted octanol–water partition coefficient (Wildman–Crippen LogP) is 1.40. The Bertz CT molecular complexity index is 208. The number of rotatable bonds is 7. The number of hydrogen-bond acceptors (Lipinski definition) is 3. The van der Waals surface area contributed by atoms with Gasteiger partial charge in [0.15, 0.2) is 0 Å². The fraction of sp³-hybridized carbons (Fsp3) is 1.00. The molecular weight excluding hydrogens is 210 g/mol. The van der Waals surface area contributed by atoms with E-state index < -0.39 is 0 Å². The van der Waals surface area contributed by atoms with Crippen molar-refractivity contribution in [1.82, 2.24) is 15.1 Å². The van der Waals surface area contributed by atoms with Gasteiger partial charge < -0.3 is 10.2 Å². The first-order chi connectivity index (χ1) is 8.33. The molecule has 0 spiro atoms. The molecule has 1 aliphatic carbocycles. The molecule has 2 fully saturated rings. The van der Waals surface area contributed by atoms with Crippen LogP contribution in [0.1, 0.15) is 33.1 Å². The van der Waals surface area contributed by atoms with Gasteiger partial charge in [-0.1, -0.05) is 13.8 Å². The molecule has 1 unspecified atom stereocenters. The molecule has 0 bridgehead atoms. The van der Waals surface area contributed by atoms with Crippen molar-refractivity contribution >= 4 is 0 Å². The quantitative estimate of drug-likeness (QED) is 0.724. The van der Waals surface area contributed by atoms with Gasteiger partial charge in [-0.15, -0.1) is 0 Å². The molecule has 1 heterocycles. The van der Waals surface area contributed by atoms with E-state index >= 15 is 0 Å². The van der Waals surface area contributed by atoms with E-state index in [1.807, 2.05) is 0 Å². The molecule has 100 valence electrons. The minimum atomic E-state index is 0.748. The van der Waals surface area contributed by atoms with E-state index in [1.165, 1.54) is 52.0 Å². The number of nitrogens with zero attached hydrogens (tertiary/aromatic N) is 2. The van der Waals surface area contributed by atoms with Gasteiger partial charge in [0.2, 0.25) is 0 Å². The Morgan fingerprint density at radius 1 is 1.12 bits per heavy atom. The SMILES string of the molecule is CCNCC(CC)N1CCN(CC2CC2)CC1. The van der Waals surface area contributed by atoms with Crippen molar-refractivity contribution in [3.05, 3.63) is 0 Å². The number of hydrogen-bond donors (Lipinski definition) is 1. The van der Waals surface area contributed by atoms with Gasteiger partial charge in [0.05, 0.1) is 0 Å². The van der Waals surface area contributed by atoms with Crippen molar-refractivity contribution in [2.45, 2.75) is 39.2 Å². The zero-order valence-corrected chi connectivity index (χ0v) is 11.6. The van der Waals surface area contributed by atoms with Crippen LogP contribution in [0.15, 0.2) is 0 Å². The largest absolute Gasteiger partial charge is 0.315 e. The highest BCUT2D eigenvalue weighted by Crippen LogP contribution is 2.30. The Hall–Kier alpha value is -0.120. The lowest BCUT2D eigenvalue weighted by atomic mass is 10.1. The second kappa shape index (κ2) is 6.72. The van der Waals surface area contributed by atoms with Crippen LogP contribution in [-0.2, 0) is 0 Å². The Balaban J connectivity index is 1.68. The van der Waals surface area contributed by atoms with Gasteiger partial charge in [-0.05, 0) is 31.7 Å². The average Bonchev–Trinajstić information content (AvgIpc) is 3.16. The number of nitrogens with one attached hydrogen (secondary N) is 1. The third kappa shape index (κ3) is 4.23. The average molecular weight is 239 g/mol. The summed E-state index contributed by atoms with van der Waals surface area (Å²) in [5, 5.41) is 3.49. The Kier molecular flexibility index (Phi) is 5.26. The third-order valence-electron chi connectivity index (χ3n) is 4.24. The summed E-state index contributed by atoms with van der Waals surface area (Å²) in [5.41, 5.74) is 0.